The predicted octanol–water partition coefficient (Wildman–Crippen LogP) is 4.63. The van der Waals surface area contributed by atoms with Crippen LogP contribution in [-0.4, -0.2) is 30.2 Å². The van der Waals surface area contributed by atoms with Crippen molar-refractivity contribution in [1.82, 2.24) is 9.97 Å². The van der Waals surface area contributed by atoms with Crippen LogP contribution >= 0.6 is 0 Å². The second kappa shape index (κ2) is 7.38. The Morgan fingerprint density at radius 1 is 1.00 bits per heavy atom. The molecule has 4 rings (SSSR count). The van der Waals surface area contributed by atoms with Crippen molar-refractivity contribution in [2.45, 2.75) is 26.3 Å². The summed E-state index contributed by atoms with van der Waals surface area (Å²) < 4.78 is 10.7. The molecule has 1 aliphatic heterocycles. The van der Waals surface area contributed by atoms with E-state index < -0.39 is 0 Å². The summed E-state index contributed by atoms with van der Waals surface area (Å²) in [7, 11) is 3.25. The van der Waals surface area contributed by atoms with Crippen LogP contribution in [0.1, 0.15) is 18.3 Å². The number of ether oxygens (including phenoxy) is 2. The molecule has 144 valence electrons. The summed E-state index contributed by atoms with van der Waals surface area (Å²) in [6.45, 7) is 4.13. The second-order valence-corrected chi connectivity index (χ2v) is 6.91. The molecule has 0 saturated heterocycles. The SMILES string of the molecule is COc1ccc(Nc2cc(N3c4ccccc4CC3C)nc(C)n2)cc1OC. The molecule has 1 unspecified atom stereocenters. The summed E-state index contributed by atoms with van der Waals surface area (Å²) in [5.41, 5.74) is 3.43. The molecule has 1 aromatic heterocycles. The lowest BCUT2D eigenvalue weighted by Crippen LogP contribution is -2.25. The number of nitrogens with one attached hydrogen (secondary N) is 1. The van der Waals surface area contributed by atoms with Crippen molar-refractivity contribution < 1.29 is 9.47 Å². The topological polar surface area (TPSA) is 59.5 Å². The first kappa shape index (κ1) is 18.1. The average Bonchev–Trinajstić information content (AvgIpc) is 3.03. The molecule has 0 spiro atoms. The quantitative estimate of drug-likeness (QED) is 0.701. The number of methoxy groups -OCH3 is 2. The molecule has 3 aromatic rings. The molecule has 28 heavy (non-hydrogen) atoms. The van der Waals surface area contributed by atoms with Crippen LogP contribution in [-0.2, 0) is 6.42 Å². The fraction of sp³-hybridized carbons (Fsp3) is 0.273. The van der Waals surface area contributed by atoms with Crippen molar-refractivity contribution in [3.05, 3.63) is 59.9 Å². The highest BCUT2D eigenvalue weighted by molar-refractivity contribution is 5.71. The molecule has 0 saturated carbocycles. The van der Waals surface area contributed by atoms with Crippen molar-refractivity contribution >= 4 is 23.0 Å². The van der Waals surface area contributed by atoms with Crippen LogP contribution in [0.3, 0.4) is 0 Å². The maximum absolute atomic E-state index is 5.39. The Morgan fingerprint density at radius 3 is 2.57 bits per heavy atom. The molecule has 2 heterocycles. The minimum atomic E-state index is 0.348. The van der Waals surface area contributed by atoms with Crippen molar-refractivity contribution in [3.63, 3.8) is 0 Å². The Bertz CT molecular complexity index is 1010. The first-order chi connectivity index (χ1) is 13.6. The fourth-order valence-electron chi connectivity index (χ4n) is 3.72. The number of hydrogen-bond acceptors (Lipinski definition) is 6. The van der Waals surface area contributed by atoms with Crippen LogP contribution in [0.4, 0.5) is 23.0 Å². The molecule has 0 aliphatic carbocycles. The van der Waals surface area contributed by atoms with E-state index in [1.54, 1.807) is 14.2 Å². The molecule has 1 aliphatic rings. The maximum atomic E-state index is 5.39. The van der Waals surface area contributed by atoms with Gasteiger partial charge in [0.25, 0.3) is 0 Å². The summed E-state index contributed by atoms with van der Waals surface area (Å²) in [6.07, 6.45) is 1.01. The number of benzene rings is 2. The van der Waals surface area contributed by atoms with E-state index in [1.165, 1.54) is 11.3 Å². The number of aromatic nitrogens is 2. The zero-order valence-electron chi connectivity index (χ0n) is 16.6. The third kappa shape index (κ3) is 3.33. The Labute approximate surface area is 165 Å². The van der Waals surface area contributed by atoms with Gasteiger partial charge in [-0.1, -0.05) is 18.2 Å². The first-order valence-electron chi connectivity index (χ1n) is 9.31. The van der Waals surface area contributed by atoms with Gasteiger partial charge in [-0.05, 0) is 44.0 Å². The number of hydrogen-bond donors (Lipinski definition) is 1. The van der Waals surface area contributed by atoms with Crippen LogP contribution < -0.4 is 19.7 Å². The number of nitrogens with zero attached hydrogens (tertiary/aromatic N) is 3. The van der Waals surface area contributed by atoms with Gasteiger partial charge in [-0.3, -0.25) is 0 Å². The summed E-state index contributed by atoms with van der Waals surface area (Å²) in [4.78, 5) is 11.5. The number of anilines is 4. The molecule has 1 atom stereocenters. The van der Waals surface area contributed by atoms with Gasteiger partial charge >= 0.3 is 0 Å². The molecular formula is C22H24N4O2. The highest BCUT2D eigenvalue weighted by Crippen LogP contribution is 2.38. The highest BCUT2D eigenvalue weighted by Gasteiger charge is 2.28. The van der Waals surface area contributed by atoms with E-state index in [4.69, 9.17) is 14.5 Å². The van der Waals surface area contributed by atoms with Gasteiger partial charge in [0.05, 0.1) is 14.2 Å². The van der Waals surface area contributed by atoms with Gasteiger partial charge in [0, 0.05) is 29.5 Å². The minimum absolute atomic E-state index is 0.348. The standard InChI is InChI=1S/C22H24N4O2/c1-14-11-16-7-5-6-8-18(16)26(14)22-13-21(23-15(2)24-22)25-17-9-10-19(27-3)20(12-17)28-4/h5-10,12-14H,11H2,1-4H3,(H,23,24,25). The Hall–Kier alpha value is -3.28. The zero-order valence-corrected chi connectivity index (χ0v) is 16.6. The van der Waals surface area contributed by atoms with Crippen LogP contribution in [0, 0.1) is 6.92 Å². The molecule has 0 fully saturated rings. The Morgan fingerprint density at radius 2 is 1.79 bits per heavy atom. The van der Waals surface area contributed by atoms with Crippen LogP contribution in [0.2, 0.25) is 0 Å². The van der Waals surface area contributed by atoms with Crippen molar-refractivity contribution in [2.24, 2.45) is 0 Å². The van der Waals surface area contributed by atoms with E-state index in [-0.39, 0.29) is 0 Å². The van der Waals surface area contributed by atoms with Crippen molar-refractivity contribution in [3.8, 4) is 11.5 Å². The van der Waals surface area contributed by atoms with E-state index in [9.17, 15) is 0 Å². The van der Waals surface area contributed by atoms with E-state index >= 15 is 0 Å². The van der Waals surface area contributed by atoms with Crippen LogP contribution in [0.15, 0.2) is 48.5 Å². The molecule has 2 aromatic carbocycles. The zero-order chi connectivity index (χ0) is 19.7. The molecule has 6 nitrogen and oxygen atoms in total. The number of aryl methyl sites for hydroxylation is 1. The predicted molar refractivity (Wildman–Crippen MR) is 111 cm³/mol. The van der Waals surface area contributed by atoms with Crippen molar-refractivity contribution in [1.29, 1.82) is 0 Å². The van der Waals surface area contributed by atoms with Crippen molar-refractivity contribution in [2.75, 3.05) is 24.4 Å². The molecule has 0 bridgehead atoms. The van der Waals surface area contributed by atoms with E-state index in [0.29, 0.717) is 17.5 Å². The Kier molecular flexibility index (Phi) is 4.77. The lowest BCUT2D eigenvalue weighted by Gasteiger charge is -2.24. The number of rotatable bonds is 5. The lowest BCUT2D eigenvalue weighted by molar-refractivity contribution is 0.355. The average molecular weight is 376 g/mol. The van der Waals surface area contributed by atoms with E-state index in [1.807, 2.05) is 31.2 Å². The summed E-state index contributed by atoms with van der Waals surface area (Å²) in [5.74, 6) is 3.71. The second-order valence-electron chi connectivity index (χ2n) is 6.91. The van der Waals surface area contributed by atoms with Gasteiger partial charge < -0.3 is 19.7 Å². The fourth-order valence-corrected chi connectivity index (χ4v) is 3.72. The van der Waals surface area contributed by atoms with Gasteiger partial charge in [0.15, 0.2) is 11.5 Å². The van der Waals surface area contributed by atoms with Gasteiger partial charge in [0.1, 0.15) is 17.5 Å². The summed E-state index contributed by atoms with van der Waals surface area (Å²) >= 11 is 0. The third-order valence-corrected chi connectivity index (χ3v) is 4.93. The molecule has 0 radical (unpaired) electrons. The monoisotopic (exact) mass is 376 g/mol. The minimum Gasteiger partial charge on any atom is -0.493 e. The van der Waals surface area contributed by atoms with E-state index in [2.05, 4.69) is 46.4 Å². The smallest absolute Gasteiger partial charge is 0.162 e. The molecule has 6 heteroatoms. The van der Waals surface area contributed by atoms with Crippen LogP contribution in [0.5, 0.6) is 11.5 Å². The van der Waals surface area contributed by atoms with Crippen LogP contribution in [0.25, 0.3) is 0 Å². The number of fused-ring (bicyclic) bond motifs is 1. The molecule has 1 N–H and O–H groups in total. The highest BCUT2D eigenvalue weighted by atomic mass is 16.5. The van der Waals surface area contributed by atoms with Gasteiger partial charge in [0.2, 0.25) is 0 Å². The van der Waals surface area contributed by atoms with Gasteiger partial charge in [-0.2, -0.15) is 0 Å². The molecule has 0 amide bonds. The largest absolute Gasteiger partial charge is 0.493 e. The summed E-state index contributed by atoms with van der Waals surface area (Å²) in [6, 6.07) is 16.5. The lowest BCUT2D eigenvalue weighted by atomic mass is 10.1. The maximum Gasteiger partial charge on any atom is 0.162 e. The van der Waals surface area contributed by atoms with Gasteiger partial charge in [-0.25, -0.2) is 9.97 Å². The normalized spacial score (nSPS) is 15.3. The first-order valence-corrected chi connectivity index (χ1v) is 9.31. The third-order valence-electron chi connectivity index (χ3n) is 4.93. The molecular weight excluding hydrogens is 352 g/mol. The summed E-state index contributed by atoms with van der Waals surface area (Å²) in [5, 5.41) is 3.36. The number of para-hydroxylation sites is 1. The van der Waals surface area contributed by atoms with Gasteiger partial charge in [-0.15, -0.1) is 0 Å². The Balaban J connectivity index is 1.67. The van der Waals surface area contributed by atoms with E-state index in [0.717, 1.165) is 29.6 Å².